The Bertz CT molecular complexity index is 723. The van der Waals surface area contributed by atoms with E-state index in [-0.39, 0.29) is 30.6 Å². The van der Waals surface area contributed by atoms with Gasteiger partial charge in [-0.2, -0.15) is 0 Å². The predicted octanol–water partition coefficient (Wildman–Crippen LogP) is 1.78. The molecule has 7 atom stereocenters. The highest BCUT2D eigenvalue weighted by molar-refractivity contribution is 5.95. The van der Waals surface area contributed by atoms with Crippen molar-refractivity contribution in [1.29, 1.82) is 0 Å². The minimum atomic E-state index is -0.889. The zero-order chi connectivity index (χ0) is 21.0. The number of ether oxygens (including phenoxy) is 1. The Morgan fingerprint density at radius 1 is 1.29 bits per heavy atom. The quantitative estimate of drug-likeness (QED) is 0.500. The SMILES string of the molecule is C=C(CO)[C@H]1CC2=CC(=O)[C@@H]3C(C)(C)[C@@H](OC(C)=O)C[C@H](O)[C@@]3(C)[C@@H]2[C@@H](O)C1. The van der Waals surface area contributed by atoms with Crippen LogP contribution in [-0.4, -0.2) is 52.0 Å². The summed E-state index contributed by atoms with van der Waals surface area (Å²) in [6.07, 6.45) is 0.635. The number of hydrogen-bond donors (Lipinski definition) is 3. The average Bonchev–Trinajstić information content (AvgIpc) is 2.57. The number of allylic oxidation sites excluding steroid dienone is 1. The van der Waals surface area contributed by atoms with Crippen molar-refractivity contribution in [1.82, 2.24) is 0 Å². The highest BCUT2D eigenvalue weighted by atomic mass is 16.5. The Kier molecular flexibility index (Phi) is 5.36. The van der Waals surface area contributed by atoms with Gasteiger partial charge < -0.3 is 20.1 Å². The second kappa shape index (κ2) is 7.08. The molecule has 0 aromatic rings. The van der Waals surface area contributed by atoms with E-state index in [0.29, 0.717) is 18.4 Å². The molecule has 0 saturated heterocycles. The molecule has 3 aliphatic rings. The van der Waals surface area contributed by atoms with E-state index < -0.39 is 41.0 Å². The fraction of sp³-hybridized carbons (Fsp3) is 0.727. The topological polar surface area (TPSA) is 104 Å². The first kappa shape index (κ1) is 21.2. The van der Waals surface area contributed by atoms with Gasteiger partial charge in [-0.05, 0) is 30.4 Å². The lowest BCUT2D eigenvalue weighted by atomic mass is 9.44. The highest BCUT2D eigenvalue weighted by Crippen LogP contribution is 2.62. The Labute approximate surface area is 166 Å². The first-order chi connectivity index (χ1) is 12.9. The molecule has 6 heteroatoms. The molecule has 3 aliphatic carbocycles. The molecule has 3 rings (SSSR count). The van der Waals surface area contributed by atoms with Gasteiger partial charge in [0, 0.05) is 36.0 Å². The fourth-order valence-electron chi connectivity index (χ4n) is 6.24. The first-order valence-corrected chi connectivity index (χ1v) is 10.0. The maximum absolute atomic E-state index is 13.3. The van der Waals surface area contributed by atoms with E-state index in [4.69, 9.17) is 4.74 Å². The molecule has 3 N–H and O–H groups in total. The third-order valence-corrected chi connectivity index (χ3v) is 7.51. The second-order valence-electron chi connectivity index (χ2n) is 9.59. The molecule has 0 unspecified atom stereocenters. The second-order valence-corrected chi connectivity index (χ2v) is 9.59. The summed E-state index contributed by atoms with van der Waals surface area (Å²) in [5.74, 6) is -1.55. The molecule has 0 amide bonds. The summed E-state index contributed by atoms with van der Waals surface area (Å²) in [6.45, 7) is 10.8. The van der Waals surface area contributed by atoms with Crippen molar-refractivity contribution < 1.29 is 29.6 Å². The molecular weight excluding hydrogens is 360 g/mol. The van der Waals surface area contributed by atoms with Gasteiger partial charge in [0.05, 0.1) is 18.8 Å². The van der Waals surface area contributed by atoms with E-state index in [1.165, 1.54) is 6.92 Å². The van der Waals surface area contributed by atoms with Crippen LogP contribution in [0.4, 0.5) is 0 Å². The van der Waals surface area contributed by atoms with Crippen LogP contribution >= 0.6 is 0 Å². The van der Waals surface area contributed by atoms with Gasteiger partial charge in [-0.15, -0.1) is 0 Å². The van der Waals surface area contributed by atoms with Crippen LogP contribution in [0.2, 0.25) is 0 Å². The van der Waals surface area contributed by atoms with Gasteiger partial charge in [0.1, 0.15) is 6.10 Å². The van der Waals surface area contributed by atoms with E-state index in [1.54, 1.807) is 6.08 Å². The summed E-state index contributed by atoms with van der Waals surface area (Å²) in [5.41, 5.74) is -0.0588. The van der Waals surface area contributed by atoms with Gasteiger partial charge in [0.15, 0.2) is 5.78 Å². The predicted molar refractivity (Wildman–Crippen MR) is 103 cm³/mol. The molecule has 2 saturated carbocycles. The molecule has 2 fully saturated rings. The van der Waals surface area contributed by atoms with Crippen molar-refractivity contribution in [2.45, 2.75) is 65.3 Å². The van der Waals surface area contributed by atoms with Gasteiger partial charge in [-0.25, -0.2) is 0 Å². The Balaban J connectivity index is 2.05. The van der Waals surface area contributed by atoms with E-state index in [1.807, 2.05) is 20.8 Å². The van der Waals surface area contributed by atoms with Crippen molar-refractivity contribution in [3.05, 3.63) is 23.8 Å². The molecule has 28 heavy (non-hydrogen) atoms. The molecule has 6 nitrogen and oxygen atoms in total. The van der Waals surface area contributed by atoms with E-state index >= 15 is 0 Å². The van der Waals surface area contributed by atoms with Crippen LogP contribution in [-0.2, 0) is 14.3 Å². The van der Waals surface area contributed by atoms with Crippen LogP contribution in [0.3, 0.4) is 0 Å². The molecule has 0 heterocycles. The zero-order valence-corrected chi connectivity index (χ0v) is 17.1. The Morgan fingerprint density at radius 3 is 2.50 bits per heavy atom. The number of aliphatic hydroxyl groups is 3. The number of carbonyl (C=O) groups is 2. The standard InChI is InChI=1S/C22H32O6/c1-11(10-23)13-6-14-8-16(26)20-21(3,4)18(28-12(2)24)9-17(27)22(20,5)19(14)15(25)7-13/h8,13,15,17-20,23,25,27H,1,6-7,9-10H2,2-5H3/t13-,15-,17-,18-,19-,20+,22-/m0/s1. The molecule has 0 aliphatic heterocycles. The summed E-state index contributed by atoms with van der Waals surface area (Å²) in [4.78, 5) is 24.8. The van der Waals surface area contributed by atoms with Crippen molar-refractivity contribution in [2.24, 2.45) is 28.6 Å². The molecule has 0 aromatic carbocycles. The normalized spacial score (nSPS) is 42.1. The van der Waals surface area contributed by atoms with Gasteiger partial charge >= 0.3 is 5.97 Å². The largest absolute Gasteiger partial charge is 0.462 e. The van der Waals surface area contributed by atoms with Crippen molar-refractivity contribution in [2.75, 3.05) is 6.61 Å². The number of fused-ring (bicyclic) bond motifs is 3. The van der Waals surface area contributed by atoms with Gasteiger partial charge in [-0.1, -0.05) is 32.9 Å². The van der Waals surface area contributed by atoms with Crippen LogP contribution < -0.4 is 0 Å². The monoisotopic (exact) mass is 392 g/mol. The van der Waals surface area contributed by atoms with E-state index in [0.717, 1.165) is 5.57 Å². The summed E-state index contributed by atoms with van der Waals surface area (Å²) < 4.78 is 5.47. The van der Waals surface area contributed by atoms with Crippen molar-refractivity contribution in [3.63, 3.8) is 0 Å². The van der Waals surface area contributed by atoms with Crippen molar-refractivity contribution in [3.8, 4) is 0 Å². The molecule has 0 spiro atoms. The molecule has 0 bridgehead atoms. The highest BCUT2D eigenvalue weighted by Gasteiger charge is 2.65. The molecule has 156 valence electrons. The minimum Gasteiger partial charge on any atom is -0.462 e. The Morgan fingerprint density at radius 2 is 1.93 bits per heavy atom. The summed E-state index contributed by atoms with van der Waals surface area (Å²) in [7, 11) is 0. The number of aliphatic hydroxyl groups excluding tert-OH is 3. The summed E-state index contributed by atoms with van der Waals surface area (Å²) in [6, 6.07) is 0. The van der Waals surface area contributed by atoms with Crippen LogP contribution in [0, 0.1) is 28.6 Å². The number of rotatable bonds is 3. The van der Waals surface area contributed by atoms with Crippen LogP contribution in [0.5, 0.6) is 0 Å². The Hall–Kier alpha value is -1.50. The summed E-state index contributed by atoms with van der Waals surface area (Å²) >= 11 is 0. The van der Waals surface area contributed by atoms with Crippen LogP contribution in [0.1, 0.15) is 47.0 Å². The van der Waals surface area contributed by atoms with Gasteiger partial charge in [0.25, 0.3) is 0 Å². The lowest BCUT2D eigenvalue weighted by molar-refractivity contribution is -0.208. The summed E-state index contributed by atoms with van der Waals surface area (Å²) in [5, 5.41) is 31.6. The maximum atomic E-state index is 13.3. The maximum Gasteiger partial charge on any atom is 0.302 e. The van der Waals surface area contributed by atoms with Crippen LogP contribution in [0.25, 0.3) is 0 Å². The smallest absolute Gasteiger partial charge is 0.302 e. The number of hydrogen-bond acceptors (Lipinski definition) is 6. The lowest BCUT2D eigenvalue weighted by Crippen LogP contribution is -2.66. The van der Waals surface area contributed by atoms with E-state index in [9.17, 15) is 24.9 Å². The van der Waals surface area contributed by atoms with E-state index in [2.05, 4.69) is 6.58 Å². The lowest BCUT2D eigenvalue weighted by Gasteiger charge is -2.61. The molecule has 0 radical (unpaired) electrons. The fourth-order valence-corrected chi connectivity index (χ4v) is 6.24. The zero-order valence-electron chi connectivity index (χ0n) is 17.1. The first-order valence-electron chi connectivity index (χ1n) is 10.0. The third-order valence-electron chi connectivity index (χ3n) is 7.51. The molecular formula is C22H32O6. The van der Waals surface area contributed by atoms with Crippen LogP contribution in [0.15, 0.2) is 23.8 Å². The number of carbonyl (C=O) groups excluding carboxylic acids is 2. The van der Waals surface area contributed by atoms with Gasteiger partial charge in [0.2, 0.25) is 0 Å². The molecule has 0 aromatic heterocycles. The number of esters is 1. The van der Waals surface area contributed by atoms with Crippen molar-refractivity contribution >= 4 is 11.8 Å². The third kappa shape index (κ3) is 3.06. The van der Waals surface area contributed by atoms with Gasteiger partial charge in [-0.3, -0.25) is 9.59 Å². The number of ketones is 1. The average molecular weight is 392 g/mol. The minimum absolute atomic E-state index is 0.0852.